The van der Waals surface area contributed by atoms with Crippen molar-refractivity contribution in [3.05, 3.63) is 41.2 Å². The molecule has 1 aliphatic carbocycles. The quantitative estimate of drug-likeness (QED) is 0.869. The maximum Gasteiger partial charge on any atom is 0.250 e. The van der Waals surface area contributed by atoms with Gasteiger partial charge in [0.15, 0.2) is 0 Å². The first-order chi connectivity index (χ1) is 12.4. The fourth-order valence-electron chi connectivity index (χ4n) is 4.66. The Morgan fingerprint density at radius 1 is 1.08 bits per heavy atom. The minimum absolute atomic E-state index is 0.178. The molecule has 0 atom stereocenters. The Bertz CT molecular complexity index is 721. The molecule has 4 heteroatoms. The van der Waals surface area contributed by atoms with Crippen LogP contribution >= 0.6 is 0 Å². The number of likely N-dealkylation sites (tertiary alicyclic amines) is 1. The molecule has 140 valence electrons. The van der Waals surface area contributed by atoms with Crippen LogP contribution in [0.15, 0.2) is 29.8 Å². The van der Waals surface area contributed by atoms with Gasteiger partial charge in [-0.2, -0.15) is 0 Å². The Kier molecular flexibility index (Phi) is 4.42. The lowest BCUT2D eigenvalue weighted by molar-refractivity contribution is -0.130. The van der Waals surface area contributed by atoms with Crippen LogP contribution in [0.25, 0.3) is 5.57 Å². The molecule has 2 saturated heterocycles. The first-order valence-electron chi connectivity index (χ1n) is 9.86. The number of allylic oxidation sites excluding steroid dienone is 1. The molecule has 0 aromatic heterocycles. The van der Waals surface area contributed by atoms with E-state index in [1.807, 2.05) is 12.1 Å². The molecular weight excluding hydrogens is 327 g/mol. The molecule has 2 heterocycles. The van der Waals surface area contributed by atoms with E-state index in [0.717, 1.165) is 75.0 Å². The van der Waals surface area contributed by atoms with Crippen molar-refractivity contribution >= 4 is 11.5 Å². The van der Waals surface area contributed by atoms with E-state index in [9.17, 15) is 9.18 Å². The third-order valence-corrected chi connectivity index (χ3v) is 6.63. The highest BCUT2D eigenvalue weighted by molar-refractivity contribution is 6.01. The van der Waals surface area contributed by atoms with E-state index < -0.39 is 0 Å². The van der Waals surface area contributed by atoms with E-state index in [-0.39, 0.29) is 17.1 Å². The summed E-state index contributed by atoms with van der Waals surface area (Å²) < 4.78 is 13.4. The molecule has 3 nitrogen and oxygen atoms in total. The summed E-state index contributed by atoms with van der Waals surface area (Å²) in [6.07, 6.45) is 4.94. The zero-order valence-electron chi connectivity index (χ0n) is 15.9. The lowest BCUT2D eigenvalue weighted by Crippen LogP contribution is -2.58. The summed E-state index contributed by atoms with van der Waals surface area (Å²) in [5, 5.41) is 3.38. The average Bonchev–Trinajstić information content (AvgIpc) is 2.60. The molecule has 0 unspecified atom stereocenters. The molecule has 1 spiro atoms. The molecule has 1 amide bonds. The largest absolute Gasteiger partial charge is 0.339 e. The highest BCUT2D eigenvalue weighted by Gasteiger charge is 2.41. The third kappa shape index (κ3) is 3.32. The number of carbonyl (C=O) groups is 1. The first-order valence-corrected chi connectivity index (χ1v) is 9.86. The first kappa shape index (κ1) is 17.7. The fraction of sp³-hybridized carbons (Fsp3) is 0.591. The number of amides is 1. The predicted molar refractivity (Wildman–Crippen MR) is 102 cm³/mol. The van der Waals surface area contributed by atoms with Crippen LogP contribution in [-0.2, 0) is 4.79 Å². The molecular formula is C22H29FN2O. The van der Waals surface area contributed by atoms with Gasteiger partial charge in [-0.15, -0.1) is 0 Å². The van der Waals surface area contributed by atoms with Gasteiger partial charge in [0.25, 0.3) is 0 Å². The lowest BCUT2D eigenvalue weighted by Gasteiger charge is -2.48. The van der Waals surface area contributed by atoms with Crippen LogP contribution in [-0.4, -0.2) is 37.0 Å². The van der Waals surface area contributed by atoms with Crippen LogP contribution in [0.5, 0.6) is 0 Å². The van der Waals surface area contributed by atoms with Crippen LogP contribution in [0.2, 0.25) is 0 Å². The van der Waals surface area contributed by atoms with Crippen LogP contribution in [0.1, 0.15) is 51.5 Å². The van der Waals surface area contributed by atoms with Crippen molar-refractivity contribution in [1.29, 1.82) is 0 Å². The molecule has 2 fully saturated rings. The van der Waals surface area contributed by atoms with Gasteiger partial charge in [-0.1, -0.05) is 26.0 Å². The Labute approximate surface area is 155 Å². The summed E-state index contributed by atoms with van der Waals surface area (Å²) in [6.45, 7) is 8.45. The normalized spacial score (nSPS) is 24.5. The number of nitrogens with one attached hydrogen (secondary N) is 1. The molecule has 4 rings (SSSR count). The van der Waals surface area contributed by atoms with Crippen molar-refractivity contribution in [2.45, 2.75) is 46.0 Å². The number of rotatable bonds is 2. The molecule has 1 aromatic carbocycles. The standard InChI is InChI=1S/C22H29FN2O/c1-21(2)8-7-18(19(13-21)16-3-5-17(23)6-4-16)20(26)25-11-9-22(10-12-25)14-24-15-22/h3-6,24H,7-15H2,1-2H3. The second-order valence-corrected chi connectivity index (χ2v) is 9.20. The fourth-order valence-corrected chi connectivity index (χ4v) is 4.66. The highest BCUT2D eigenvalue weighted by atomic mass is 19.1. The molecule has 0 bridgehead atoms. The molecule has 0 saturated carbocycles. The monoisotopic (exact) mass is 356 g/mol. The second-order valence-electron chi connectivity index (χ2n) is 9.20. The molecule has 2 aliphatic heterocycles. The average molecular weight is 356 g/mol. The van der Waals surface area contributed by atoms with Crippen molar-refractivity contribution in [2.24, 2.45) is 10.8 Å². The minimum Gasteiger partial charge on any atom is -0.339 e. The Balaban J connectivity index is 1.60. The van der Waals surface area contributed by atoms with Gasteiger partial charge in [-0.3, -0.25) is 4.79 Å². The zero-order chi connectivity index (χ0) is 18.4. The Hall–Kier alpha value is -1.68. The summed E-state index contributed by atoms with van der Waals surface area (Å²) in [5.74, 6) is -0.0188. The lowest BCUT2D eigenvalue weighted by atomic mass is 9.71. The summed E-state index contributed by atoms with van der Waals surface area (Å²) in [4.78, 5) is 15.4. The number of halogens is 1. The predicted octanol–water partition coefficient (Wildman–Crippen LogP) is 4.00. The Morgan fingerprint density at radius 3 is 2.31 bits per heavy atom. The smallest absolute Gasteiger partial charge is 0.250 e. The Morgan fingerprint density at radius 2 is 1.73 bits per heavy atom. The van der Waals surface area contributed by atoms with Gasteiger partial charge in [0, 0.05) is 31.8 Å². The van der Waals surface area contributed by atoms with Crippen LogP contribution in [0, 0.1) is 16.6 Å². The van der Waals surface area contributed by atoms with Gasteiger partial charge in [0.05, 0.1) is 0 Å². The van der Waals surface area contributed by atoms with E-state index in [2.05, 4.69) is 24.1 Å². The van der Waals surface area contributed by atoms with E-state index in [4.69, 9.17) is 0 Å². The minimum atomic E-state index is -0.229. The van der Waals surface area contributed by atoms with Crippen molar-refractivity contribution in [3.63, 3.8) is 0 Å². The van der Waals surface area contributed by atoms with Crippen molar-refractivity contribution in [2.75, 3.05) is 26.2 Å². The number of benzene rings is 1. The molecule has 3 aliphatic rings. The van der Waals surface area contributed by atoms with Gasteiger partial charge >= 0.3 is 0 Å². The summed E-state index contributed by atoms with van der Waals surface area (Å²) in [6, 6.07) is 6.65. The number of hydrogen-bond donors (Lipinski definition) is 1. The summed E-state index contributed by atoms with van der Waals surface area (Å²) >= 11 is 0. The summed E-state index contributed by atoms with van der Waals surface area (Å²) in [5.41, 5.74) is 3.70. The molecule has 1 aromatic rings. The number of nitrogens with zero attached hydrogens (tertiary/aromatic N) is 1. The van der Waals surface area contributed by atoms with Gasteiger partial charge in [0.1, 0.15) is 5.82 Å². The topological polar surface area (TPSA) is 32.3 Å². The van der Waals surface area contributed by atoms with Gasteiger partial charge in [-0.05, 0) is 66.2 Å². The van der Waals surface area contributed by atoms with E-state index >= 15 is 0 Å². The van der Waals surface area contributed by atoms with Gasteiger partial charge in [-0.25, -0.2) is 4.39 Å². The number of hydrogen-bond acceptors (Lipinski definition) is 2. The zero-order valence-corrected chi connectivity index (χ0v) is 15.9. The van der Waals surface area contributed by atoms with E-state index in [1.165, 1.54) is 12.1 Å². The summed E-state index contributed by atoms with van der Waals surface area (Å²) in [7, 11) is 0. The maximum absolute atomic E-state index is 13.4. The SMILES string of the molecule is CC1(C)CCC(C(=O)N2CCC3(CC2)CNC3)=C(c2ccc(F)cc2)C1. The van der Waals surface area contributed by atoms with Crippen LogP contribution < -0.4 is 5.32 Å². The van der Waals surface area contributed by atoms with Gasteiger partial charge in [0.2, 0.25) is 5.91 Å². The highest BCUT2D eigenvalue weighted by Crippen LogP contribution is 2.44. The number of carbonyl (C=O) groups excluding carboxylic acids is 1. The van der Waals surface area contributed by atoms with E-state index in [0.29, 0.717) is 5.41 Å². The molecule has 1 N–H and O–H groups in total. The van der Waals surface area contributed by atoms with E-state index in [1.54, 1.807) is 0 Å². The second kappa shape index (κ2) is 6.49. The van der Waals surface area contributed by atoms with Crippen molar-refractivity contribution in [3.8, 4) is 0 Å². The number of piperidine rings is 1. The molecule has 0 radical (unpaired) electrons. The van der Waals surface area contributed by atoms with Crippen LogP contribution in [0.3, 0.4) is 0 Å². The van der Waals surface area contributed by atoms with Crippen molar-refractivity contribution < 1.29 is 9.18 Å². The third-order valence-electron chi connectivity index (χ3n) is 6.63. The maximum atomic E-state index is 13.4. The molecule has 26 heavy (non-hydrogen) atoms. The van der Waals surface area contributed by atoms with Crippen LogP contribution in [0.4, 0.5) is 4.39 Å². The van der Waals surface area contributed by atoms with Crippen molar-refractivity contribution in [1.82, 2.24) is 10.2 Å². The van der Waals surface area contributed by atoms with Gasteiger partial charge < -0.3 is 10.2 Å².